The first-order valence-corrected chi connectivity index (χ1v) is 10.3. The van der Waals surface area contributed by atoms with Crippen molar-refractivity contribution in [2.24, 2.45) is 0 Å². The molecule has 146 valence electrons. The zero-order chi connectivity index (χ0) is 20.1. The van der Waals surface area contributed by atoms with Crippen molar-refractivity contribution in [3.63, 3.8) is 0 Å². The number of hydrogen-bond acceptors (Lipinski definition) is 4. The highest BCUT2D eigenvalue weighted by Crippen LogP contribution is 2.30. The molecular weight excluding hydrogens is 398 g/mol. The number of methoxy groups -OCH3 is 2. The number of rotatable bonds is 7. The topological polar surface area (TPSA) is 55.8 Å². The van der Waals surface area contributed by atoms with Crippen LogP contribution in [0, 0.1) is 0 Å². The van der Waals surface area contributed by atoms with Gasteiger partial charge in [0, 0.05) is 11.1 Å². The van der Waals surface area contributed by atoms with Gasteiger partial charge in [-0.05, 0) is 48.0 Å². The van der Waals surface area contributed by atoms with Gasteiger partial charge in [-0.25, -0.2) is 8.42 Å². The van der Waals surface area contributed by atoms with Gasteiger partial charge in [0.1, 0.15) is 11.5 Å². The summed E-state index contributed by atoms with van der Waals surface area (Å²) in [4.78, 5) is 0.156. The Morgan fingerprint density at radius 1 is 0.857 bits per heavy atom. The van der Waals surface area contributed by atoms with Crippen molar-refractivity contribution in [3.05, 3.63) is 83.4 Å². The Balaban J connectivity index is 2.09. The lowest BCUT2D eigenvalue weighted by molar-refractivity contribution is 0.414. The number of benzene rings is 3. The quantitative estimate of drug-likeness (QED) is 0.556. The molecule has 3 aromatic rings. The van der Waals surface area contributed by atoms with E-state index in [4.69, 9.17) is 21.1 Å². The van der Waals surface area contributed by atoms with E-state index in [1.54, 1.807) is 54.6 Å². The van der Waals surface area contributed by atoms with E-state index in [2.05, 4.69) is 0 Å². The summed E-state index contributed by atoms with van der Waals surface area (Å²) < 4.78 is 38.6. The van der Waals surface area contributed by atoms with Crippen LogP contribution in [0.3, 0.4) is 0 Å². The molecule has 0 spiro atoms. The molecule has 7 heteroatoms. The second-order valence-corrected chi connectivity index (χ2v) is 8.25. The Kier molecular flexibility index (Phi) is 6.11. The van der Waals surface area contributed by atoms with Gasteiger partial charge in [-0.3, -0.25) is 4.31 Å². The second-order valence-electron chi connectivity index (χ2n) is 5.98. The van der Waals surface area contributed by atoms with Gasteiger partial charge in [-0.2, -0.15) is 0 Å². The molecule has 0 fully saturated rings. The Labute approximate surface area is 170 Å². The first-order chi connectivity index (χ1) is 13.5. The molecule has 0 heterocycles. The average Bonchev–Trinajstić information content (AvgIpc) is 2.73. The molecule has 0 N–H and O–H groups in total. The number of ether oxygens (including phenoxy) is 2. The minimum atomic E-state index is -3.86. The molecule has 3 rings (SSSR count). The second kappa shape index (κ2) is 8.54. The number of sulfonamides is 1. The van der Waals surface area contributed by atoms with Gasteiger partial charge in [0.05, 0.1) is 31.3 Å². The maximum Gasteiger partial charge on any atom is 0.264 e. The lowest BCUT2D eigenvalue weighted by Crippen LogP contribution is -2.30. The van der Waals surface area contributed by atoms with E-state index in [9.17, 15) is 8.42 Å². The largest absolute Gasteiger partial charge is 0.497 e. The molecule has 28 heavy (non-hydrogen) atoms. The minimum absolute atomic E-state index is 0.0845. The van der Waals surface area contributed by atoms with Crippen LogP contribution in [-0.2, 0) is 16.6 Å². The van der Waals surface area contributed by atoms with Crippen molar-refractivity contribution >= 4 is 27.3 Å². The summed E-state index contributed by atoms with van der Waals surface area (Å²) in [6.45, 7) is 0.0845. The Bertz CT molecular complexity index is 1050. The van der Waals surface area contributed by atoms with Crippen molar-refractivity contribution in [1.82, 2.24) is 0 Å². The van der Waals surface area contributed by atoms with E-state index in [0.29, 0.717) is 27.8 Å². The fourth-order valence-corrected chi connectivity index (χ4v) is 4.37. The summed E-state index contributed by atoms with van der Waals surface area (Å²) in [5.74, 6) is 1.14. The molecule has 0 aliphatic heterocycles. The molecule has 0 bridgehead atoms. The van der Waals surface area contributed by atoms with Crippen LogP contribution >= 0.6 is 11.6 Å². The highest BCUT2D eigenvalue weighted by atomic mass is 35.5. The molecule has 0 radical (unpaired) electrons. The van der Waals surface area contributed by atoms with Crippen molar-refractivity contribution in [3.8, 4) is 11.5 Å². The number of halogens is 1. The summed E-state index contributed by atoms with van der Waals surface area (Å²) in [5, 5.41) is 0.500. The third kappa shape index (κ3) is 4.24. The summed E-state index contributed by atoms with van der Waals surface area (Å²) in [5.41, 5.74) is 1.18. The Morgan fingerprint density at radius 3 is 2.18 bits per heavy atom. The average molecular weight is 418 g/mol. The molecule has 0 amide bonds. The molecular formula is C21H20ClNO4S. The fourth-order valence-electron chi connectivity index (χ4n) is 2.74. The summed E-state index contributed by atoms with van der Waals surface area (Å²) in [6.07, 6.45) is 0. The maximum atomic E-state index is 13.4. The lowest BCUT2D eigenvalue weighted by atomic mass is 10.2. The van der Waals surface area contributed by atoms with Gasteiger partial charge < -0.3 is 9.47 Å². The zero-order valence-corrected chi connectivity index (χ0v) is 17.1. The van der Waals surface area contributed by atoms with Crippen LogP contribution < -0.4 is 13.8 Å². The van der Waals surface area contributed by atoms with Gasteiger partial charge in [-0.15, -0.1) is 0 Å². The van der Waals surface area contributed by atoms with Crippen LogP contribution in [0.15, 0.2) is 77.7 Å². The highest BCUT2D eigenvalue weighted by molar-refractivity contribution is 7.92. The standard InChI is InChI=1S/C21H20ClNO4S/c1-26-18-10-12-20(13-11-18)28(24,25)23(15-16-6-3-4-9-21(16)22)17-7-5-8-19(14-17)27-2/h3-14H,15H2,1-2H3. The van der Waals surface area contributed by atoms with Crippen molar-refractivity contribution in [2.45, 2.75) is 11.4 Å². The molecule has 0 aliphatic rings. The highest BCUT2D eigenvalue weighted by Gasteiger charge is 2.26. The van der Waals surface area contributed by atoms with Crippen molar-refractivity contribution < 1.29 is 17.9 Å². The van der Waals surface area contributed by atoms with Gasteiger partial charge in [-0.1, -0.05) is 35.9 Å². The van der Waals surface area contributed by atoms with Crippen molar-refractivity contribution in [1.29, 1.82) is 0 Å². The van der Waals surface area contributed by atoms with E-state index in [-0.39, 0.29) is 11.4 Å². The van der Waals surface area contributed by atoms with E-state index in [1.165, 1.54) is 30.7 Å². The lowest BCUT2D eigenvalue weighted by Gasteiger charge is -2.25. The fraction of sp³-hybridized carbons (Fsp3) is 0.143. The molecule has 0 aromatic heterocycles. The Morgan fingerprint density at radius 2 is 1.54 bits per heavy atom. The summed E-state index contributed by atoms with van der Waals surface area (Å²) >= 11 is 6.29. The van der Waals surface area contributed by atoms with Crippen LogP contribution in [0.5, 0.6) is 11.5 Å². The van der Waals surface area contributed by atoms with Gasteiger partial charge in [0.15, 0.2) is 0 Å². The first kappa shape index (κ1) is 20.0. The predicted molar refractivity (Wildman–Crippen MR) is 111 cm³/mol. The maximum absolute atomic E-state index is 13.4. The molecule has 0 atom stereocenters. The third-order valence-electron chi connectivity index (χ3n) is 4.26. The number of hydrogen-bond donors (Lipinski definition) is 0. The number of anilines is 1. The summed E-state index contributed by atoms with van der Waals surface area (Å²) in [7, 11) is -0.787. The first-order valence-electron chi connectivity index (χ1n) is 8.50. The monoisotopic (exact) mass is 417 g/mol. The van der Waals surface area contributed by atoms with E-state index in [0.717, 1.165) is 0 Å². The zero-order valence-electron chi connectivity index (χ0n) is 15.5. The van der Waals surface area contributed by atoms with Crippen LogP contribution in [0.4, 0.5) is 5.69 Å². The molecule has 0 saturated carbocycles. The minimum Gasteiger partial charge on any atom is -0.497 e. The normalized spacial score (nSPS) is 11.1. The van der Waals surface area contributed by atoms with E-state index in [1.807, 2.05) is 6.07 Å². The van der Waals surface area contributed by atoms with Crippen LogP contribution in [-0.4, -0.2) is 22.6 Å². The molecule has 0 saturated heterocycles. The third-order valence-corrected chi connectivity index (χ3v) is 6.42. The van der Waals surface area contributed by atoms with E-state index >= 15 is 0 Å². The molecule has 3 aromatic carbocycles. The van der Waals surface area contributed by atoms with Crippen molar-refractivity contribution in [2.75, 3.05) is 18.5 Å². The molecule has 0 unspecified atom stereocenters. The molecule has 5 nitrogen and oxygen atoms in total. The number of nitrogens with zero attached hydrogens (tertiary/aromatic N) is 1. The predicted octanol–water partition coefficient (Wildman–Crippen LogP) is 4.75. The van der Waals surface area contributed by atoms with E-state index < -0.39 is 10.0 Å². The van der Waals surface area contributed by atoms with Crippen LogP contribution in [0.25, 0.3) is 0 Å². The van der Waals surface area contributed by atoms with Gasteiger partial charge in [0.25, 0.3) is 10.0 Å². The summed E-state index contributed by atoms with van der Waals surface area (Å²) in [6, 6.07) is 20.4. The Hall–Kier alpha value is -2.70. The van der Waals surface area contributed by atoms with Crippen LogP contribution in [0.1, 0.15) is 5.56 Å². The smallest absolute Gasteiger partial charge is 0.264 e. The van der Waals surface area contributed by atoms with Gasteiger partial charge in [0.2, 0.25) is 0 Å². The van der Waals surface area contributed by atoms with Gasteiger partial charge >= 0.3 is 0 Å². The van der Waals surface area contributed by atoms with Crippen LogP contribution in [0.2, 0.25) is 5.02 Å². The SMILES string of the molecule is COc1ccc(S(=O)(=O)N(Cc2ccccc2Cl)c2cccc(OC)c2)cc1. The molecule has 0 aliphatic carbocycles.